The number of rotatable bonds is 1. The van der Waals surface area contributed by atoms with Crippen molar-refractivity contribution in [2.45, 2.75) is 19.3 Å². The molecule has 3 heterocycles. The Bertz CT molecular complexity index is 431. The summed E-state index contributed by atoms with van der Waals surface area (Å²) in [4.78, 5) is 16.8. The average molecular weight is 264 g/mol. The Hall–Kier alpha value is -0.870. The number of amides is 1. The third kappa shape index (κ3) is 2.19. The lowest BCUT2D eigenvalue weighted by Gasteiger charge is -2.38. The predicted molar refractivity (Wildman–Crippen MR) is 74.0 cm³/mol. The van der Waals surface area contributed by atoms with E-state index in [-0.39, 0.29) is 5.91 Å². The van der Waals surface area contributed by atoms with Crippen LogP contribution in [0.3, 0.4) is 0 Å². The minimum Gasteiger partial charge on any atom is -0.338 e. The molecule has 0 aliphatic carbocycles. The molecule has 1 amide bonds. The van der Waals surface area contributed by atoms with Crippen LogP contribution in [0.5, 0.6) is 0 Å². The Morgan fingerprint density at radius 2 is 2.22 bits per heavy atom. The van der Waals surface area contributed by atoms with Crippen LogP contribution in [0.15, 0.2) is 16.8 Å². The summed E-state index contributed by atoms with van der Waals surface area (Å²) >= 11 is 1.60. The number of nitrogens with zero attached hydrogens (tertiary/aromatic N) is 2. The maximum Gasteiger partial charge on any atom is 0.254 e. The zero-order valence-corrected chi connectivity index (χ0v) is 11.7. The third-order valence-corrected chi connectivity index (χ3v) is 5.03. The lowest BCUT2D eigenvalue weighted by atomic mass is 9.79. The van der Waals surface area contributed by atoms with Gasteiger partial charge in [-0.3, -0.25) is 4.79 Å². The molecule has 2 aliphatic rings. The number of hydrogen-bond donors (Lipinski definition) is 0. The molecular weight excluding hydrogens is 244 g/mol. The van der Waals surface area contributed by atoms with Gasteiger partial charge < -0.3 is 9.80 Å². The van der Waals surface area contributed by atoms with Gasteiger partial charge in [0, 0.05) is 30.4 Å². The Morgan fingerprint density at radius 1 is 1.33 bits per heavy atom. The highest BCUT2D eigenvalue weighted by atomic mass is 32.1. The van der Waals surface area contributed by atoms with Gasteiger partial charge in [-0.25, -0.2) is 0 Å². The normalized spacial score (nSPS) is 29.1. The second-order valence-corrected chi connectivity index (χ2v) is 6.61. The van der Waals surface area contributed by atoms with Gasteiger partial charge in [0.15, 0.2) is 0 Å². The van der Waals surface area contributed by atoms with E-state index in [1.165, 1.54) is 25.8 Å². The van der Waals surface area contributed by atoms with Crippen molar-refractivity contribution in [1.82, 2.24) is 9.80 Å². The molecule has 0 radical (unpaired) electrons. The van der Waals surface area contributed by atoms with Crippen LogP contribution in [0.2, 0.25) is 0 Å². The quantitative estimate of drug-likeness (QED) is 0.777. The van der Waals surface area contributed by atoms with E-state index in [0.29, 0.717) is 5.41 Å². The minimum absolute atomic E-state index is 0.223. The zero-order valence-electron chi connectivity index (χ0n) is 10.9. The highest BCUT2D eigenvalue weighted by molar-refractivity contribution is 7.08. The summed E-state index contributed by atoms with van der Waals surface area (Å²) in [5.41, 5.74) is 1.24. The van der Waals surface area contributed by atoms with E-state index < -0.39 is 0 Å². The van der Waals surface area contributed by atoms with E-state index in [9.17, 15) is 4.79 Å². The summed E-state index contributed by atoms with van der Waals surface area (Å²) in [6.07, 6.45) is 3.73. The number of hydrogen-bond acceptors (Lipinski definition) is 3. The molecule has 98 valence electrons. The van der Waals surface area contributed by atoms with E-state index in [4.69, 9.17) is 0 Å². The highest BCUT2D eigenvalue weighted by Gasteiger charge is 2.42. The molecule has 2 fully saturated rings. The maximum absolute atomic E-state index is 12.3. The molecule has 1 spiro atoms. The molecule has 1 aromatic heterocycles. The van der Waals surface area contributed by atoms with Crippen LogP contribution in [-0.4, -0.2) is 48.9 Å². The van der Waals surface area contributed by atoms with E-state index >= 15 is 0 Å². The van der Waals surface area contributed by atoms with Gasteiger partial charge in [-0.2, -0.15) is 11.3 Å². The fourth-order valence-corrected chi connectivity index (χ4v) is 4.09. The van der Waals surface area contributed by atoms with Gasteiger partial charge in [-0.05, 0) is 44.3 Å². The maximum atomic E-state index is 12.3. The lowest BCUT2D eigenvalue weighted by Crippen LogP contribution is -2.43. The molecule has 2 saturated heterocycles. The fraction of sp³-hybridized carbons (Fsp3) is 0.643. The molecule has 0 unspecified atom stereocenters. The standard InChI is InChI=1S/C14H20N2OS/c1-15-6-2-4-14(10-15)5-7-16(11-14)13(17)12-3-8-18-9-12/h3,8-9H,2,4-7,10-11H2,1H3/t14-/m0/s1. The first kappa shape index (κ1) is 12.2. The molecule has 2 aliphatic heterocycles. The molecule has 18 heavy (non-hydrogen) atoms. The molecule has 1 atom stereocenters. The Kier molecular flexibility index (Phi) is 3.16. The molecule has 0 N–H and O–H groups in total. The average Bonchev–Trinajstić information content (AvgIpc) is 2.98. The van der Waals surface area contributed by atoms with Crippen molar-refractivity contribution < 1.29 is 4.79 Å². The van der Waals surface area contributed by atoms with Crippen LogP contribution < -0.4 is 0 Å². The van der Waals surface area contributed by atoms with Gasteiger partial charge in [0.2, 0.25) is 0 Å². The van der Waals surface area contributed by atoms with Crippen LogP contribution in [0.4, 0.5) is 0 Å². The summed E-state index contributed by atoms with van der Waals surface area (Å²) in [7, 11) is 2.20. The van der Waals surface area contributed by atoms with Gasteiger partial charge in [-0.15, -0.1) is 0 Å². The smallest absolute Gasteiger partial charge is 0.254 e. The first-order valence-electron chi connectivity index (χ1n) is 6.69. The molecular formula is C14H20N2OS. The van der Waals surface area contributed by atoms with Gasteiger partial charge in [0.25, 0.3) is 5.91 Å². The summed E-state index contributed by atoms with van der Waals surface area (Å²) < 4.78 is 0. The topological polar surface area (TPSA) is 23.6 Å². The number of carbonyl (C=O) groups excluding carboxylic acids is 1. The second-order valence-electron chi connectivity index (χ2n) is 5.83. The molecule has 1 aromatic rings. The molecule has 0 bridgehead atoms. The number of thiophene rings is 1. The first-order valence-corrected chi connectivity index (χ1v) is 7.63. The monoisotopic (exact) mass is 264 g/mol. The summed E-state index contributed by atoms with van der Waals surface area (Å²) in [5, 5.41) is 3.94. The Morgan fingerprint density at radius 3 is 2.94 bits per heavy atom. The summed E-state index contributed by atoms with van der Waals surface area (Å²) in [6.45, 7) is 4.25. The third-order valence-electron chi connectivity index (χ3n) is 4.35. The van der Waals surface area contributed by atoms with Crippen LogP contribution in [0.1, 0.15) is 29.6 Å². The van der Waals surface area contributed by atoms with Crippen LogP contribution >= 0.6 is 11.3 Å². The second kappa shape index (κ2) is 4.67. The fourth-order valence-electron chi connectivity index (χ4n) is 3.46. The highest BCUT2D eigenvalue weighted by Crippen LogP contribution is 2.39. The van der Waals surface area contributed by atoms with Crippen molar-refractivity contribution >= 4 is 17.2 Å². The molecule has 4 heteroatoms. The number of piperidine rings is 1. The first-order chi connectivity index (χ1) is 8.69. The predicted octanol–water partition coefficient (Wildman–Crippen LogP) is 2.31. The summed E-state index contributed by atoms with van der Waals surface area (Å²) in [6, 6.07) is 1.94. The summed E-state index contributed by atoms with van der Waals surface area (Å²) in [5.74, 6) is 0.223. The van der Waals surface area contributed by atoms with Gasteiger partial charge >= 0.3 is 0 Å². The van der Waals surface area contributed by atoms with Crippen molar-refractivity contribution in [1.29, 1.82) is 0 Å². The van der Waals surface area contributed by atoms with Crippen LogP contribution in [0.25, 0.3) is 0 Å². The molecule has 3 nitrogen and oxygen atoms in total. The molecule has 0 aromatic carbocycles. The lowest BCUT2D eigenvalue weighted by molar-refractivity contribution is 0.0723. The molecule has 3 rings (SSSR count). The van der Waals surface area contributed by atoms with Gasteiger partial charge in [0.1, 0.15) is 0 Å². The van der Waals surface area contributed by atoms with Gasteiger partial charge in [0.05, 0.1) is 5.56 Å². The van der Waals surface area contributed by atoms with Gasteiger partial charge in [-0.1, -0.05) is 0 Å². The van der Waals surface area contributed by atoms with Crippen LogP contribution in [-0.2, 0) is 0 Å². The largest absolute Gasteiger partial charge is 0.338 e. The SMILES string of the molecule is CN1CCC[C@]2(CCN(C(=O)c3ccsc3)C2)C1. The Balaban J connectivity index is 1.69. The van der Waals surface area contributed by atoms with E-state index in [0.717, 1.165) is 25.2 Å². The Labute approximate surface area is 112 Å². The van der Waals surface area contributed by atoms with E-state index in [1.54, 1.807) is 11.3 Å². The van der Waals surface area contributed by atoms with E-state index in [1.807, 2.05) is 16.8 Å². The van der Waals surface area contributed by atoms with Crippen molar-refractivity contribution in [3.63, 3.8) is 0 Å². The molecule has 0 saturated carbocycles. The van der Waals surface area contributed by atoms with E-state index in [2.05, 4.69) is 16.8 Å². The van der Waals surface area contributed by atoms with Crippen molar-refractivity contribution in [3.8, 4) is 0 Å². The zero-order chi connectivity index (χ0) is 12.6. The minimum atomic E-state index is 0.223. The van der Waals surface area contributed by atoms with Crippen molar-refractivity contribution in [2.24, 2.45) is 5.41 Å². The van der Waals surface area contributed by atoms with Crippen LogP contribution in [0, 0.1) is 5.41 Å². The van der Waals surface area contributed by atoms with Crippen molar-refractivity contribution in [3.05, 3.63) is 22.4 Å². The number of likely N-dealkylation sites (tertiary alicyclic amines) is 2. The van der Waals surface area contributed by atoms with Crippen molar-refractivity contribution in [2.75, 3.05) is 33.2 Å². The number of carbonyl (C=O) groups is 1.